The highest BCUT2D eigenvalue weighted by Crippen LogP contribution is 2.32. The summed E-state index contributed by atoms with van der Waals surface area (Å²) < 4.78 is 4.68. The molecule has 1 aliphatic heterocycles. The number of esters is 1. The zero-order chi connectivity index (χ0) is 18.1. The second-order valence-electron chi connectivity index (χ2n) is 7.67. The van der Waals surface area contributed by atoms with Crippen molar-refractivity contribution in [2.75, 3.05) is 20.7 Å². The SMILES string of the molecule is COC(=O)C(C)NC(=O)C1CN(C)Cc2cc(C(C)(C)C)ccc21. The molecule has 0 aliphatic carbocycles. The van der Waals surface area contributed by atoms with Crippen molar-refractivity contribution in [1.82, 2.24) is 10.2 Å². The fourth-order valence-electron chi connectivity index (χ4n) is 3.09. The molecule has 0 radical (unpaired) electrons. The fraction of sp³-hybridized carbons (Fsp3) is 0.579. The minimum Gasteiger partial charge on any atom is -0.467 e. The summed E-state index contributed by atoms with van der Waals surface area (Å²) in [6.07, 6.45) is 0. The summed E-state index contributed by atoms with van der Waals surface area (Å²) in [5, 5.41) is 2.77. The molecule has 2 atom stereocenters. The number of rotatable bonds is 3. The first-order valence-corrected chi connectivity index (χ1v) is 8.33. The van der Waals surface area contributed by atoms with Crippen LogP contribution in [-0.2, 0) is 26.3 Å². The average Bonchev–Trinajstić information content (AvgIpc) is 2.51. The van der Waals surface area contributed by atoms with Crippen LogP contribution in [0.3, 0.4) is 0 Å². The number of fused-ring (bicyclic) bond motifs is 1. The van der Waals surface area contributed by atoms with Gasteiger partial charge in [0.2, 0.25) is 5.91 Å². The van der Waals surface area contributed by atoms with Crippen molar-refractivity contribution < 1.29 is 14.3 Å². The molecule has 0 spiro atoms. The van der Waals surface area contributed by atoms with Crippen molar-refractivity contribution >= 4 is 11.9 Å². The maximum absolute atomic E-state index is 12.7. The number of nitrogens with zero attached hydrogens (tertiary/aromatic N) is 1. The molecule has 24 heavy (non-hydrogen) atoms. The number of hydrogen-bond acceptors (Lipinski definition) is 4. The molecule has 0 bridgehead atoms. The van der Waals surface area contributed by atoms with Gasteiger partial charge in [0.25, 0.3) is 0 Å². The van der Waals surface area contributed by atoms with E-state index in [0.29, 0.717) is 6.54 Å². The predicted octanol–water partition coefficient (Wildman–Crippen LogP) is 2.19. The van der Waals surface area contributed by atoms with Crippen molar-refractivity contribution in [3.05, 3.63) is 34.9 Å². The Labute approximate surface area is 144 Å². The lowest BCUT2D eigenvalue weighted by molar-refractivity contribution is -0.144. The first-order valence-electron chi connectivity index (χ1n) is 8.33. The molecule has 1 aliphatic rings. The summed E-state index contributed by atoms with van der Waals surface area (Å²) in [5.74, 6) is -0.847. The van der Waals surface area contributed by atoms with Gasteiger partial charge in [-0.3, -0.25) is 4.79 Å². The highest BCUT2D eigenvalue weighted by Gasteiger charge is 2.31. The van der Waals surface area contributed by atoms with Crippen LogP contribution in [0.2, 0.25) is 0 Å². The number of carbonyl (C=O) groups is 2. The third-order valence-electron chi connectivity index (χ3n) is 4.55. The van der Waals surface area contributed by atoms with Gasteiger partial charge in [-0.2, -0.15) is 0 Å². The van der Waals surface area contributed by atoms with Crippen LogP contribution < -0.4 is 5.32 Å². The molecule has 2 rings (SSSR count). The van der Waals surface area contributed by atoms with Crippen LogP contribution in [0.5, 0.6) is 0 Å². The van der Waals surface area contributed by atoms with Crippen molar-refractivity contribution in [1.29, 1.82) is 0 Å². The van der Waals surface area contributed by atoms with Crippen LogP contribution in [0.15, 0.2) is 18.2 Å². The lowest BCUT2D eigenvalue weighted by Crippen LogP contribution is -2.45. The third-order valence-corrected chi connectivity index (χ3v) is 4.55. The van der Waals surface area contributed by atoms with Crippen LogP contribution >= 0.6 is 0 Å². The molecule has 132 valence electrons. The number of likely N-dealkylation sites (N-methyl/N-ethyl adjacent to an activating group) is 1. The van der Waals surface area contributed by atoms with E-state index in [-0.39, 0.29) is 17.2 Å². The topological polar surface area (TPSA) is 58.6 Å². The Morgan fingerprint density at radius 1 is 1.33 bits per heavy atom. The zero-order valence-corrected chi connectivity index (χ0v) is 15.5. The summed E-state index contributed by atoms with van der Waals surface area (Å²) >= 11 is 0. The van der Waals surface area contributed by atoms with Crippen molar-refractivity contribution in [3.63, 3.8) is 0 Å². The highest BCUT2D eigenvalue weighted by molar-refractivity contribution is 5.89. The molecular formula is C19H28N2O3. The van der Waals surface area contributed by atoms with Crippen molar-refractivity contribution in [2.45, 2.75) is 51.6 Å². The van der Waals surface area contributed by atoms with Gasteiger partial charge in [0, 0.05) is 13.1 Å². The minimum absolute atomic E-state index is 0.0716. The molecule has 1 heterocycles. The lowest BCUT2D eigenvalue weighted by Gasteiger charge is -2.33. The quantitative estimate of drug-likeness (QED) is 0.862. The van der Waals surface area contributed by atoms with Gasteiger partial charge in [0.05, 0.1) is 13.0 Å². The molecule has 1 aromatic carbocycles. The molecule has 0 saturated carbocycles. The van der Waals surface area contributed by atoms with Gasteiger partial charge in [0.15, 0.2) is 0 Å². The monoisotopic (exact) mass is 332 g/mol. The molecule has 5 nitrogen and oxygen atoms in total. The molecule has 0 aromatic heterocycles. The summed E-state index contributed by atoms with van der Waals surface area (Å²) in [5.41, 5.74) is 3.57. The minimum atomic E-state index is -0.646. The average molecular weight is 332 g/mol. The molecule has 5 heteroatoms. The van der Waals surface area contributed by atoms with Gasteiger partial charge in [-0.15, -0.1) is 0 Å². The second-order valence-corrected chi connectivity index (χ2v) is 7.67. The summed E-state index contributed by atoms with van der Waals surface area (Å²) in [6, 6.07) is 5.73. The van der Waals surface area contributed by atoms with Crippen LogP contribution in [0, 0.1) is 0 Å². The van der Waals surface area contributed by atoms with E-state index in [1.807, 2.05) is 7.05 Å². The lowest BCUT2D eigenvalue weighted by atomic mass is 9.81. The molecular weight excluding hydrogens is 304 g/mol. The number of nitrogens with one attached hydrogen (secondary N) is 1. The summed E-state index contributed by atoms with van der Waals surface area (Å²) in [4.78, 5) is 26.4. The highest BCUT2D eigenvalue weighted by atomic mass is 16.5. The Bertz CT molecular complexity index is 634. The number of amides is 1. The number of methoxy groups -OCH3 is 1. The van der Waals surface area contributed by atoms with Gasteiger partial charge in [0.1, 0.15) is 6.04 Å². The van der Waals surface area contributed by atoms with E-state index in [4.69, 9.17) is 0 Å². The van der Waals surface area contributed by atoms with Crippen LogP contribution in [0.4, 0.5) is 0 Å². The smallest absolute Gasteiger partial charge is 0.328 e. The van der Waals surface area contributed by atoms with Crippen molar-refractivity contribution in [2.24, 2.45) is 0 Å². The molecule has 2 unspecified atom stereocenters. The van der Waals surface area contributed by atoms with E-state index >= 15 is 0 Å². The van der Waals surface area contributed by atoms with E-state index in [1.165, 1.54) is 18.2 Å². The van der Waals surface area contributed by atoms with Gasteiger partial charge < -0.3 is 15.0 Å². The number of benzene rings is 1. The molecule has 1 amide bonds. The van der Waals surface area contributed by atoms with E-state index in [1.54, 1.807) is 6.92 Å². The zero-order valence-electron chi connectivity index (χ0n) is 15.5. The molecule has 1 aromatic rings. The van der Waals surface area contributed by atoms with Gasteiger partial charge >= 0.3 is 5.97 Å². The van der Waals surface area contributed by atoms with E-state index in [9.17, 15) is 9.59 Å². The fourth-order valence-corrected chi connectivity index (χ4v) is 3.09. The first-order chi connectivity index (χ1) is 11.1. The van der Waals surface area contributed by atoms with Crippen LogP contribution in [0.1, 0.15) is 50.3 Å². The van der Waals surface area contributed by atoms with Crippen LogP contribution in [-0.4, -0.2) is 43.5 Å². The Kier molecular flexibility index (Phi) is 5.33. The Hall–Kier alpha value is -1.88. The van der Waals surface area contributed by atoms with E-state index in [2.05, 4.69) is 53.9 Å². The van der Waals surface area contributed by atoms with Crippen molar-refractivity contribution in [3.8, 4) is 0 Å². The third kappa shape index (κ3) is 3.96. The maximum Gasteiger partial charge on any atom is 0.328 e. The summed E-state index contributed by atoms with van der Waals surface area (Å²) in [6.45, 7) is 9.66. The second kappa shape index (κ2) is 6.93. The molecule has 0 saturated heterocycles. The largest absolute Gasteiger partial charge is 0.467 e. The predicted molar refractivity (Wildman–Crippen MR) is 93.8 cm³/mol. The Balaban J connectivity index is 2.28. The summed E-state index contributed by atoms with van der Waals surface area (Å²) in [7, 11) is 3.33. The normalized spacial score (nSPS) is 19.3. The van der Waals surface area contributed by atoms with Gasteiger partial charge in [-0.25, -0.2) is 4.79 Å². The maximum atomic E-state index is 12.7. The number of carbonyl (C=O) groups excluding carboxylic acids is 2. The van der Waals surface area contributed by atoms with E-state index < -0.39 is 12.0 Å². The number of hydrogen-bond donors (Lipinski definition) is 1. The number of ether oxygens (including phenoxy) is 1. The van der Waals surface area contributed by atoms with Crippen LogP contribution in [0.25, 0.3) is 0 Å². The van der Waals surface area contributed by atoms with Gasteiger partial charge in [-0.05, 0) is 36.1 Å². The Morgan fingerprint density at radius 3 is 2.58 bits per heavy atom. The standard InChI is InChI=1S/C19H28N2O3/c1-12(18(23)24-6)20-17(22)16-11-21(5)10-13-9-14(19(2,3)4)7-8-15(13)16/h7-9,12,16H,10-11H2,1-6H3,(H,20,22). The van der Waals surface area contributed by atoms with Gasteiger partial charge in [-0.1, -0.05) is 39.0 Å². The molecule has 0 fully saturated rings. The molecule has 1 N–H and O–H groups in total. The van der Waals surface area contributed by atoms with E-state index in [0.717, 1.165) is 12.1 Å². The Morgan fingerprint density at radius 2 is 2.00 bits per heavy atom. The first kappa shape index (κ1) is 18.5.